The molecular weight excluding hydrogens is 320 g/mol. The molecular formula is C18H30N4O3. The molecule has 0 saturated carbocycles. The van der Waals surface area contributed by atoms with Crippen molar-refractivity contribution >= 4 is 11.9 Å². The number of hydrogen-bond acceptors (Lipinski definition) is 5. The van der Waals surface area contributed by atoms with E-state index in [1.165, 1.54) is 20.1 Å². The summed E-state index contributed by atoms with van der Waals surface area (Å²) in [6.07, 6.45) is 3.44. The standard InChI is InChI=1S/C18H30N4O3/c1-5-8-22-9-6-14(7-10-22)21-18(19-3)20-12-15-11-16(13(2)25-15)17(23)24-4/h11,14H,5-10,12H2,1-4H3,(H2,19,20,21). The zero-order chi connectivity index (χ0) is 18.2. The second kappa shape index (κ2) is 9.46. The summed E-state index contributed by atoms with van der Waals surface area (Å²) >= 11 is 0. The molecule has 0 unspecified atom stereocenters. The monoisotopic (exact) mass is 350 g/mol. The average molecular weight is 350 g/mol. The highest BCUT2D eigenvalue weighted by molar-refractivity contribution is 5.90. The van der Waals surface area contributed by atoms with Crippen molar-refractivity contribution in [1.82, 2.24) is 15.5 Å². The zero-order valence-electron chi connectivity index (χ0n) is 15.7. The highest BCUT2D eigenvalue weighted by Gasteiger charge is 2.20. The van der Waals surface area contributed by atoms with Gasteiger partial charge in [0.1, 0.15) is 17.1 Å². The van der Waals surface area contributed by atoms with Crippen molar-refractivity contribution < 1.29 is 13.9 Å². The summed E-state index contributed by atoms with van der Waals surface area (Å²) in [5.41, 5.74) is 0.463. The van der Waals surface area contributed by atoms with Crippen LogP contribution in [0.4, 0.5) is 0 Å². The third-order valence-electron chi connectivity index (χ3n) is 4.50. The van der Waals surface area contributed by atoms with Gasteiger partial charge in [-0.15, -0.1) is 0 Å². The highest BCUT2D eigenvalue weighted by Crippen LogP contribution is 2.15. The van der Waals surface area contributed by atoms with Crippen LogP contribution < -0.4 is 10.6 Å². The van der Waals surface area contributed by atoms with Gasteiger partial charge >= 0.3 is 5.97 Å². The number of methoxy groups -OCH3 is 1. The van der Waals surface area contributed by atoms with Crippen LogP contribution in [0.15, 0.2) is 15.5 Å². The number of furan rings is 1. The van der Waals surface area contributed by atoms with Crippen molar-refractivity contribution in [2.75, 3.05) is 33.8 Å². The fraction of sp³-hybridized carbons (Fsp3) is 0.667. The third kappa shape index (κ3) is 5.49. The lowest BCUT2D eigenvalue weighted by Crippen LogP contribution is -2.48. The lowest BCUT2D eigenvalue weighted by molar-refractivity contribution is 0.0599. The molecule has 140 valence electrons. The Morgan fingerprint density at radius 2 is 2.16 bits per heavy atom. The second-order valence-corrected chi connectivity index (χ2v) is 6.36. The van der Waals surface area contributed by atoms with Gasteiger partial charge in [-0.1, -0.05) is 6.92 Å². The van der Waals surface area contributed by atoms with Crippen molar-refractivity contribution in [3.63, 3.8) is 0 Å². The molecule has 0 bridgehead atoms. The number of carbonyl (C=O) groups excluding carboxylic acids is 1. The molecule has 1 aliphatic heterocycles. The van der Waals surface area contributed by atoms with E-state index in [1.54, 1.807) is 20.0 Å². The zero-order valence-corrected chi connectivity index (χ0v) is 15.7. The van der Waals surface area contributed by atoms with E-state index >= 15 is 0 Å². The Hall–Kier alpha value is -2.02. The Labute approximate surface area is 149 Å². The number of hydrogen-bond donors (Lipinski definition) is 2. The maximum absolute atomic E-state index is 11.6. The molecule has 1 fully saturated rings. The minimum Gasteiger partial charge on any atom is -0.465 e. The highest BCUT2D eigenvalue weighted by atomic mass is 16.5. The molecule has 0 atom stereocenters. The van der Waals surface area contributed by atoms with Gasteiger partial charge in [0.05, 0.1) is 13.7 Å². The second-order valence-electron chi connectivity index (χ2n) is 6.36. The minimum atomic E-state index is -0.381. The van der Waals surface area contributed by atoms with Gasteiger partial charge < -0.3 is 24.7 Å². The van der Waals surface area contributed by atoms with Crippen LogP contribution in [0.3, 0.4) is 0 Å². The predicted octanol–water partition coefficient (Wildman–Crippen LogP) is 1.91. The molecule has 1 saturated heterocycles. The summed E-state index contributed by atoms with van der Waals surface area (Å²) in [7, 11) is 3.12. The van der Waals surface area contributed by atoms with Crippen molar-refractivity contribution in [2.45, 2.75) is 45.7 Å². The number of aryl methyl sites for hydroxylation is 1. The number of nitrogens with zero attached hydrogens (tertiary/aromatic N) is 2. The first-order chi connectivity index (χ1) is 12.1. The first kappa shape index (κ1) is 19.3. The van der Waals surface area contributed by atoms with Gasteiger partial charge in [-0.05, 0) is 38.8 Å². The van der Waals surface area contributed by atoms with Crippen LogP contribution in [-0.2, 0) is 11.3 Å². The van der Waals surface area contributed by atoms with Crippen molar-refractivity contribution in [2.24, 2.45) is 4.99 Å². The van der Waals surface area contributed by atoms with Gasteiger partial charge in [0.15, 0.2) is 5.96 Å². The topological polar surface area (TPSA) is 79.1 Å². The first-order valence-corrected chi connectivity index (χ1v) is 8.94. The van der Waals surface area contributed by atoms with E-state index in [1.807, 2.05) is 0 Å². The molecule has 0 spiro atoms. The van der Waals surface area contributed by atoms with Crippen LogP contribution in [0.2, 0.25) is 0 Å². The number of guanidine groups is 1. The number of esters is 1. The van der Waals surface area contributed by atoms with E-state index in [4.69, 9.17) is 9.15 Å². The number of piperidine rings is 1. The average Bonchev–Trinajstić information content (AvgIpc) is 3.00. The maximum atomic E-state index is 11.6. The normalized spacial score (nSPS) is 16.7. The molecule has 2 rings (SSSR count). The fourth-order valence-electron chi connectivity index (χ4n) is 3.12. The summed E-state index contributed by atoms with van der Waals surface area (Å²) in [4.78, 5) is 18.4. The number of carbonyl (C=O) groups is 1. The molecule has 0 aliphatic carbocycles. The smallest absolute Gasteiger partial charge is 0.341 e. The summed E-state index contributed by atoms with van der Waals surface area (Å²) in [6.45, 7) is 7.88. The Morgan fingerprint density at radius 3 is 2.76 bits per heavy atom. The van der Waals surface area contributed by atoms with Gasteiger partial charge in [-0.3, -0.25) is 4.99 Å². The summed E-state index contributed by atoms with van der Waals surface area (Å²) in [5, 5.41) is 6.72. The number of rotatable bonds is 6. The molecule has 0 radical (unpaired) electrons. The van der Waals surface area contributed by atoms with Gasteiger partial charge in [-0.2, -0.15) is 0 Å². The molecule has 2 heterocycles. The van der Waals surface area contributed by atoms with Crippen LogP contribution in [0.1, 0.15) is 48.1 Å². The number of nitrogens with one attached hydrogen (secondary N) is 2. The Kier molecular flexibility index (Phi) is 7.31. The number of likely N-dealkylation sites (tertiary alicyclic amines) is 1. The van der Waals surface area contributed by atoms with E-state index in [0.717, 1.165) is 31.9 Å². The molecule has 2 N–H and O–H groups in total. The number of aliphatic imine (C=N–C) groups is 1. The van der Waals surface area contributed by atoms with E-state index in [9.17, 15) is 4.79 Å². The van der Waals surface area contributed by atoms with Crippen LogP contribution in [0.5, 0.6) is 0 Å². The summed E-state index contributed by atoms with van der Waals surface area (Å²) in [6, 6.07) is 2.15. The maximum Gasteiger partial charge on any atom is 0.341 e. The summed E-state index contributed by atoms with van der Waals surface area (Å²) in [5.74, 6) is 1.62. The lowest BCUT2D eigenvalue weighted by Gasteiger charge is -2.32. The van der Waals surface area contributed by atoms with Crippen molar-refractivity contribution in [3.8, 4) is 0 Å². The molecule has 1 aromatic rings. The Morgan fingerprint density at radius 1 is 1.44 bits per heavy atom. The van der Waals surface area contributed by atoms with E-state index < -0.39 is 0 Å². The molecule has 0 amide bonds. The van der Waals surface area contributed by atoms with Crippen molar-refractivity contribution in [1.29, 1.82) is 0 Å². The first-order valence-electron chi connectivity index (χ1n) is 8.94. The van der Waals surface area contributed by atoms with Gasteiger partial charge in [0.2, 0.25) is 0 Å². The Balaban J connectivity index is 1.82. The molecule has 7 nitrogen and oxygen atoms in total. The van der Waals surface area contributed by atoms with Gasteiger partial charge in [0, 0.05) is 26.2 Å². The molecule has 7 heteroatoms. The van der Waals surface area contributed by atoms with E-state index in [-0.39, 0.29) is 5.97 Å². The number of ether oxygens (including phenoxy) is 1. The van der Waals surface area contributed by atoms with Crippen LogP contribution in [0.25, 0.3) is 0 Å². The largest absolute Gasteiger partial charge is 0.465 e. The van der Waals surface area contributed by atoms with E-state index in [0.29, 0.717) is 29.7 Å². The fourth-order valence-corrected chi connectivity index (χ4v) is 3.12. The van der Waals surface area contributed by atoms with E-state index in [2.05, 4.69) is 27.4 Å². The minimum absolute atomic E-state index is 0.381. The van der Waals surface area contributed by atoms with Crippen LogP contribution in [-0.4, -0.2) is 56.7 Å². The summed E-state index contributed by atoms with van der Waals surface area (Å²) < 4.78 is 10.4. The SMILES string of the molecule is CCCN1CCC(NC(=NC)NCc2cc(C(=O)OC)c(C)o2)CC1. The van der Waals surface area contributed by atoms with Crippen LogP contribution >= 0.6 is 0 Å². The Bertz CT molecular complexity index is 589. The molecule has 25 heavy (non-hydrogen) atoms. The van der Waals surface area contributed by atoms with Gasteiger partial charge in [0.25, 0.3) is 0 Å². The van der Waals surface area contributed by atoms with Gasteiger partial charge in [-0.25, -0.2) is 4.79 Å². The van der Waals surface area contributed by atoms with Crippen molar-refractivity contribution in [3.05, 3.63) is 23.2 Å². The van der Waals surface area contributed by atoms with Crippen LogP contribution in [0, 0.1) is 6.92 Å². The molecule has 1 aromatic heterocycles. The lowest BCUT2D eigenvalue weighted by atomic mass is 10.1. The molecule has 0 aromatic carbocycles. The predicted molar refractivity (Wildman–Crippen MR) is 97.9 cm³/mol. The molecule has 1 aliphatic rings. The quantitative estimate of drug-likeness (QED) is 0.464. The third-order valence-corrected chi connectivity index (χ3v) is 4.50.